The average molecular weight is 231 g/mol. The molecule has 90 valence electrons. The van der Waals surface area contributed by atoms with Crippen LogP contribution in [0, 0.1) is 0 Å². The molecular formula is C13H17N3O. The Balaban J connectivity index is 1.95. The molecule has 1 aliphatic rings. The minimum Gasteiger partial charge on any atom is -0.497 e. The number of nitrogens with zero attached hydrogens (tertiary/aromatic N) is 1. The number of fused-ring (bicyclic) bond motifs is 1. The summed E-state index contributed by atoms with van der Waals surface area (Å²) in [5, 5.41) is 3.42. The lowest BCUT2D eigenvalue weighted by atomic mass is 9.99. The lowest BCUT2D eigenvalue weighted by Gasteiger charge is -2.20. The van der Waals surface area contributed by atoms with Crippen LogP contribution in [0.5, 0.6) is 5.75 Å². The highest BCUT2D eigenvalue weighted by molar-refractivity contribution is 5.76. The maximum atomic E-state index is 5.22. The van der Waals surface area contributed by atoms with Crippen molar-refractivity contribution in [2.24, 2.45) is 0 Å². The molecule has 0 aliphatic carbocycles. The molecule has 2 aromatic rings. The first kappa shape index (κ1) is 10.6. The SMILES string of the molecule is COc1ccc2nc(C3CCCNC3)[nH]c2c1. The molecule has 0 saturated carbocycles. The molecule has 4 heteroatoms. The third kappa shape index (κ3) is 2.00. The Morgan fingerprint density at radius 1 is 1.41 bits per heavy atom. The highest BCUT2D eigenvalue weighted by Crippen LogP contribution is 2.25. The van der Waals surface area contributed by atoms with Crippen LogP contribution in [0.25, 0.3) is 11.0 Å². The van der Waals surface area contributed by atoms with E-state index in [2.05, 4.69) is 15.3 Å². The summed E-state index contributed by atoms with van der Waals surface area (Å²) in [6.45, 7) is 2.15. The number of ether oxygens (including phenoxy) is 1. The first-order chi connectivity index (χ1) is 8.36. The Kier molecular flexibility index (Phi) is 2.73. The summed E-state index contributed by atoms with van der Waals surface area (Å²) in [5.41, 5.74) is 2.08. The van der Waals surface area contributed by atoms with E-state index in [1.807, 2.05) is 18.2 Å². The topological polar surface area (TPSA) is 49.9 Å². The fourth-order valence-corrected chi connectivity index (χ4v) is 2.41. The van der Waals surface area contributed by atoms with Gasteiger partial charge in [-0.15, -0.1) is 0 Å². The summed E-state index contributed by atoms with van der Waals surface area (Å²) in [6, 6.07) is 5.96. The lowest BCUT2D eigenvalue weighted by molar-refractivity contribution is 0.415. The third-order valence-corrected chi connectivity index (χ3v) is 3.39. The van der Waals surface area contributed by atoms with Gasteiger partial charge >= 0.3 is 0 Å². The average Bonchev–Trinajstić information content (AvgIpc) is 2.82. The van der Waals surface area contributed by atoms with Crippen molar-refractivity contribution in [3.8, 4) is 5.75 Å². The predicted molar refractivity (Wildman–Crippen MR) is 67.5 cm³/mol. The number of nitrogens with one attached hydrogen (secondary N) is 2. The van der Waals surface area contributed by atoms with Crippen molar-refractivity contribution in [3.05, 3.63) is 24.0 Å². The van der Waals surface area contributed by atoms with Crippen LogP contribution >= 0.6 is 0 Å². The van der Waals surface area contributed by atoms with Crippen molar-refractivity contribution < 1.29 is 4.74 Å². The van der Waals surface area contributed by atoms with Crippen molar-refractivity contribution in [3.63, 3.8) is 0 Å². The maximum Gasteiger partial charge on any atom is 0.121 e. The van der Waals surface area contributed by atoms with Crippen LogP contribution in [0.1, 0.15) is 24.6 Å². The molecule has 0 radical (unpaired) electrons. The zero-order chi connectivity index (χ0) is 11.7. The fourth-order valence-electron chi connectivity index (χ4n) is 2.41. The number of aromatic amines is 1. The second kappa shape index (κ2) is 4.37. The number of piperidine rings is 1. The summed E-state index contributed by atoms with van der Waals surface area (Å²) in [4.78, 5) is 8.07. The molecule has 0 bridgehead atoms. The van der Waals surface area contributed by atoms with Crippen LogP contribution in [-0.4, -0.2) is 30.2 Å². The van der Waals surface area contributed by atoms with Crippen molar-refractivity contribution >= 4 is 11.0 Å². The molecule has 3 rings (SSSR count). The van der Waals surface area contributed by atoms with Crippen LogP contribution < -0.4 is 10.1 Å². The Bertz CT molecular complexity index is 514. The van der Waals surface area contributed by atoms with Crippen LogP contribution in [0.4, 0.5) is 0 Å². The van der Waals surface area contributed by atoms with E-state index in [0.717, 1.165) is 35.7 Å². The van der Waals surface area contributed by atoms with E-state index < -0.39 is 0 Å². The summed E-state index contributed by atoms with van der Waals surface area (Å²) < 4.78 is 5.22. The molecule has 1 aliphatic heterocycles. The Morgan fingerprint density at radius 2 is 2.35 bits per heavy atom. The van der Waals surface area contributed by atoms with Crippen LogP contribution in [0.15, 0.2) is 18.2 Å². The van der Waals surface area contributed by atoms with Gasteiger partial charge in [0.1, 0.15) is 11.6 Å². The monoisotopic (exact) mass is 231 g/mol. The second-order valence-corrected chi connectivity index (χ2v) is 4.55. The van der Waals surface area contributed by atoms with Gasteiger partial charge in [0.05, 0.1) is 18.1 Å². The number of aromatic nitrogens is 2. The summed E-state index contributed by atoms with van der Waals surface area (Å²) in [6.07, 6.45) is 2.44. The van der Waals surface area contributed by atoms with E-state index in [1.54, 1.807) is 7.11 Å². The van der Waals surface area contributed by atoms with Gasteiger partial charge in [-0.3, -0.25) is 0 Å². The standard InChI is InChI=1S/C13H17N3O/c1-17-10-4-5-11-12(7-10)16-13(15-11)9-3-2-6-14-8-9/h4-5,7,9,14H,2-3,6,8H2,1H3,(H,15,16). The largest absolute Gasteiger partial charge is 0.497 e. The molecule has 1 aromatic carbocycles. The van der Waals surface area contributed by atoms with E-state index in [1.165, 1.54) is 12.8 Å². The van der Waals surface area contributed by atoms with E-state index in [-0.39, 0.29) is 0 Å². The van der Waals surface area contributed by atoms with Crippen LogP contribution in [0.3, 0.4) is 0 Å². The number of H-pyrrole nitrogens is 1. The van der Waals surface area contributed by atoms with Gasteiger partial charge in [-0.1, -0.05) is 0 Å². The number of methoxy groups -OCH3 is 1. The molecule has 1 atom stereocenters. The Labute approximate surface area is 100 Å². The Hall–Kier alpha value is -1.55. The maximum absolute atomic E-state index is 5.22. The molecule has 1 saturated heterocycles. The van der Waals surface area contributed by atoms with Crippen LogP contribution in [0.2, 0.25) is 0 Å². The normalized spacial score (nSPS) is 20.6. The molecular weight excluding hydrogens is 214 g/mol. The number of benzene rings is 1. The van der Waals surface area contributed by atoms with E-state index in [0.29, 0.717) is 5.92 Å². The predicted octanol–water partition coefficient (Wildman–Crippen LogP) is 2.04. The van der Waals surface area contributed by atoms with Gasteiger partial charge in [0, 0.05) is 18.5 Å². The summed E-state index contributed by atoms with van der Waals surface area (Å²) in [7, 11) is 1.68. The molecule has 0 amide bonds. The zero-order valence-electron chi connectivity index (χ0n) is 9.99. The number of imidazole rings is 1. The van der Waals surface area contributed by atoms with Gasteiger partial charge in [0.2, 0.25) is 0 Å². The molecule has 1 fully saturated rings. The minimum absolute atomic E-state index is 0.516. The van der Waals surface area contributed by atoms with Gasteiger partial charge in [0.15, 0.2) is 0 Å². The molecule has 2 N–H and O–H groups in total. The van der Waals surface area contributed by atoms with Crippen molar-refractivity contribution in [2.75, 3.05) is 20.2 Å². The van der Waals surface area contributed by atoms with Gasteiger partial charge in [0.25, 0.3) is 0 Å². The second-order valence-electron chi connectivity index (χ2n) is 4.55. The minimum atomic E-state index is 0.516. The lowest BCUT2D eigenvalue weighted by Crippen LogP contribution is -2.28. The van der Waals surface area contributed by atoms with Gasteiger partial charge < -0.3 is 15.0 Å². The molecule has 17 heavy (non-hydrogen) atoms. The number of hydrogen-bond acceptors (Lipinski definition) is 3. The van der Waals surface area contributed by atoms with Gasteiger partial charge in [-0.05, 0) is 31.5 Å². The third-order valence-electron chi connectivity index (χ3n) is 3.39. The smallest absolute Gasteiger partial charge is 0.121 e. The Morgan fingerprint density at radius 3 is 3.12 bits per heavy atom. The molecule has 4 nitrogen and oxygen atoms in total. The molecule has 0 spiro atoms. The quantitative estimate of drug-likeness (QED) is 0.831. The first-order valence-corrected chi connectivity index (χ1v) is 6.11. The number of hydrogen-bond donors (Lipinski definition) is 2. The summed E-state index contributed by atoms with van der Waals surface area (Å²) >= 11 is 0. The highest BCUT2D eigenvalue weighted by atomic mass is 16.5. The van der Waals surface area contributed by atoms with E-state index in [4.69, 9.17) is 4.74 Å². The van der Waals surface area contributed by atoms with Crippen molar-refractivity contribution in [2.45, 2.75) is 18.8 Å². The number of rotatable bonds is 2. The molecule has 2 heterocycles. The summed E-state index contributed by atoms with van der Waals surface area (Å²) in [5.74, 6) is 2.48. The molecule has 1 aromatic heterocycles. The van der Waals surface area contributed by atoms with Crippen molar-refractivity contribution in [1.82, 2.24) is 15.3 Å². The van der Waals surface area contributed by atoms with Crippen LogP contribution in [-0.2, 0) is 0 Å². The highest BCUT2D eigenvalue weighted by Gasteiger charge is 2.18. The van der Waals surface area contributed by atoms with E-state index >= 15 is 0 Å². The van der Waals surface area contributed by atoms with Gasteiger partial charge in [-0.25, -0.2) is 4.98 Å². The zero-order valence-corrected chi connectivity index (χ0v) is 9.99. The van der Waals surface area contributed by atoms with Gasteiger partial charge in [-0.2, -0.15) is 0 Å². The van der Waals surface area contributed by atoms with E-state index in [9.17, 15) is 0 Å². The molecule has 1 unspecified atom stereocenters. The fraction of sp³-hybridized carbons (Fsp3) is 0.462. The first-order valence-electron chi connectivity index (χ1n) is 6.11. The van der Waals surface area contributed by atoms with Crippen molar-refractivity contribution in [1.29, 1.82) is 0 Å².